The lowest BCUT2D eigenvalue weighted by Crippen LogP contribution is -2.24. The van der Waals surface area contributed by atoms with Crippen LogP contribution in [-0.2, 0) is 0 Å². The minimum atomic E-state index is 0.890. The van der Waals surface area contributed by atoms with Crippen LogP contribution in [0.25, 0.3) is 0 Å². The Hall–Kier alpha value is -0.0400. The Balaban J connectivity index is 1.98. The van der Waals surface area contributed by atoms with Gasteiger partial charge in [-0.05, 0) is 31.7 Å². The third-order valence-electron chi connectivity index (χ3n) is 2.55. The summed E-state index contributed by atoms with van der Waals surface area (Å²) in [6.07, 6.45) is 6.92. The molecule has 1 unspecified atom stereocenters. The average molecular weight is 155 g/mol. The molecule has 0 saturated heterocycles. The van der Waals surface area contributed by atoms with Crippen LogP contribution in [0, 0.1) is 5.92 Å². The molecular formula is C10H21N. The fraction of sp³-hybridized carbons (Fsp3) is 1.00. The second-order valence-corrected chi connectivity index (χ2v) is 3.75. The van der Waals surface area contributed by atoms with Crippen LogP contribution in [0.4, 0.5) is 0 Å². The van der Waals surface area contributed by atoms with Gasteiger partial charge in [-0.25, -0.2) is 0 Å². The maximum atomic E-state index is 3.59. The van der Waals surface area contributed by atoms with Crippen molar-refractivity contribution in [2.75, 3.05) is 6.54 Å². The van der Waals surface area contributed by atoms with Crippen molar-refractivity contribution in [3.63, 3.8) is 0 Å². The Morgan fingerprint density at radius 3 is 2.55 bits per heavy atom. The Morgan fingerprint density at radius 1 is 1.36 bits per heavy atom. The Bertz CT molecular complexity index is 97.0. The summed E-state index contributed by atoms with van der Waals surface area (Å²) in [5.41, 5.74) is 0. The molecule has 1 nitrogen and oxygen atoms in total. The second-order valence-electron chi connectivity index (χ2n) is 3.75. The molecule has 11 heavy (non-hydrogen) atoms. The molecule has 0 aromatic heterocycles. The zero-order valence-electron chi connectivity index (χ0n) is 7.90. The number of rotatable bonds is 6. The first-order chi connectivity index (χ1) is 5.36. The van der Waals surface area contributed by atoms with Gasteiger partial charge in [-0.15, -0.1) is 0 Å². The van der Waals surface area contributed by atoms with Gasteiger partial charge in [0.05, 0.1) is 0 Å². The highest BCUT2D eigenvalue weighted by molar-refractivity contribution is 4.81. The summed E-state index contributed by atoms with van der Waals surface area (Å²) < 4.78 is 0. The smallest absolute Gasteiger partial charge is 0.00683 e. The van der Waals surface area contributed by atoms with Crippen LogP contribution in [0.5, 0.6) is 0 Å². The van der Waals surface area contributed by atoms with E-state index in [1.807, 2.05) is 0 Å². The van der Waals surface area contributed by atoms with E-state index in [0.29, 0.717) is 0 Å². The molecule has 0 amide bonds. The van der Waals surface area contributed by atoms with E-state index in [9.17, 15) is 0 Å². The van der Waals surface area contributed by atoms with E-state index >= 15 is 0 Å². The van der Waals surface area contributed by atoms with Gasteiger partial charge in [0.2, 0.25) is 0 Å². The van der Waals surface area contributed by atoms with Gasteiger partial charge in [-0.1, -0.05) is 26.7 Å². The first-order valence-corrected chi connectivity index (χ1v) is 5.10. The van der Waals surface area contributed by atoms with Gasteiger partial charge in [-0.2, -0.15) is 0 Å². The second kappa shape index (κ2) is 4.76. The lowest BCUT2D eigenvalue weighted by molar-refractivity contribution is 0.428. The first-order valence-electron chi connectivity index (χ1n) is 5.10. The fourth-order valence-electron chi connectivity index (χ4n) is 1.48. The van der Waals surface area contributed by atoms with Gasteiger partial charge < -0.3 is 5.32 Å². The number of hydrogen-bond donors (Lipinski definition) is 1. The van der Waals surface area contributed by atoms with Gasteiger partial charge >= 0.3 is 0 Å². The molecule has 0 aromatic rings. The Labute approximate surface area is 70.6 Å². The molecule has 1 heteroatoms. The lowest BCUT2D eigenvalue weighted by Gasteiger charge is -2.13. The van der Waals surface area contributed by atoms with Crippen LogP contribution < -0.4 is 5.32 Å². The monoisotopic (exact) mass is 155 g/mol. The Morgan fingerprint density at radius 2 is 2.09 bits per heavy atom. The summed E-state index contributed by atoms with van der Waals surface area (Å²) in [5, 5.41) is 3.59. The molecular weight excluding hydrogens is 134 g/mol. The van der Waals surface area contributed by atoms with Crippen molar-refractivity contribution in [2.45, 2.75) is 52.0 Å². The van der Waals surface area contributed by atoms with Crippen LogP contribution in [0.2, 0.25) is 0 Å². The lowest BCUT2D eigenvalue weighted by atomic mass is 10.0. The molecule has 0 aromatic carbocycles. The molecule has 1 atom stereocenters. The summed E-state index contributed by atoms with van der Waals surface area (Å²) in [6, 6.07) is 0.890. The zero-order chi connectivity index (χ0) is 8.10. The predicted molar refractivity (Wildman–Crippen MR) is 49.7 cm³/mol. The van der Waals surface area contributed by atoms with E-state index in [1.165, 1.54) is 38.6 Å². The summed E-state index contributed by atoms with van der Waals surface area (Å²) in [7, 11) is 0. The third kappa shape index (κ3) is 3.76. The van der Waals surface area contributed by atoms with Crippen molar-refractivity contribution in [3.05, 3.63) is 0 Å². The molecule has 0 radical (unpaired) electrons. The molecule has 66 valence electrons. The fourth-order valence-corrected chi connectivity index (χ4v) is 1.48. The minimum Gasteiger partial charge on any atom is -0.314 e. The van der Waals surface area contributed by atoms with Crippen molar-refractivity contribution in [2.24, 2.45) is 5.92 Å². The summed E-state index contributed by atoms with van der Waals surface area (Å²) in [5.74, 6) is 0.931. The van der Waals surface area contributed by atoms with Crippen LogP contribution in [-0.4, -0.2) is 12.6 Å². The zero-order valence-corrected chi connectivity index (χ0v) is 7.90. The highest BCUT2D eigenvalue weighted by Crippen LogP contribution is 2.20. The van der Waals surface area contributed by atoms with E-state index in [4.69, 9.17) is 0 Å². The molecule has 1 aliphatic carbocycles. The van der Waals surface area contributed by atoms with Gasteiger partial charge in [0.1, 0.15) is 0 Å². The van der Waals surface area contributed by atoms with Crippen LogP contribution in [0.1, 0.15) is 46.0 Å². The topological polar surface area (TPSA) is 12.0 Å². The van der Waals surface area contributed by atoms with Crippen molar-refractivity contribution in [3.8, 4) is 0 Å². The molecule has 0 heterocycles. The predicted octanol–water partition coefficient (Wildman–Crippen LogP) is 2.56. The summed E-state index contributed by atoms with van der Waals surface area (Å²) in [6.45, 7) is 5.84. The minimum absolute atomic E-state index is 0.890. The molecule has 1 fully saturated rings. The maximum Gasteiger partial charge on any atom is 0.00683 e. The van der Waals surface area contributed by atoms with E-state index < -0.39 is 0 Å². The van der Waals surface area contributed by atoms with Crippen molar-refractivity contribution in [1.29, 1.82) is 0 Å². The van der Waals surface area contributed by atoms with E-state index in [1.54, 1.807) is 0 Å². The summed E-state index contributed by atoms with van der Waals surface area (Å²) >= 11 is 0. The molecule has 0 bridgehead atoms. The van der Waals surface area contributed by atoms with Crippen molar-refractivity contribution < 1.29 is 0 Å². The van der Waals surface area contributed by atoms with Crippen LogP contribution >= 0.6 is 0 Å². The molecule has 1 aliphatic rings. The van der Waals surface area contributed by atoms with Crippen LogP contribution in [0.15, 0.2) is 0 Å². The largest absolute Gasteiger partial charge is 0.314 e. The van der Waals surface area contributed by atoms with Crippen molar-refractivity contribution in [1.82, 2.24) is 5.32 Å². The number of hydrogen-bond acceptors (Lipinski definition) is 1. The van der Waals surface area contributed by atoms with Crippen molar-refractivity contribution >= 4 is 0 Å². The van der Waals surface area contributed by atoms with E-state index in [0.717, 1.165) is 12.0 Å². The maximum absolute atomic E-state index is 3.59. The highest BCUT2D eigenvalue weighted by atomic mass is 14.9. The Kier molecular flexibility index (Phi) is 3.92. The molecule has 1 saturated carbocycles. The molecule has 0 spiro atoms. The highest BCUT2D eigenvalue weighted by Gasteiger charge is 2.20. The average Bonchev–Trinajstić information content (AvgIpc) is 2.81. The molecule has 1 N–H and O–H groups in total. The van der Waals surface area contributed by atoms with Gasteiger partial charge in [-0.3, -0.25) is 0 Å². The standard InChI is InChI=1S/C10H21N/c1-3-5-9(4-2)8-11-10-6-7-10/h9-11H,3-8H2,1-2H3. The molecule has 0 aliphatic heterocycles. The quantitative estimate of drug-likeness (QED) is 0.621. The van der Waals surface area contributed by atoms with Crippen LogP contribution in [0.3, 0.4) is 0 Å². The third-order valence-corrected chi connectivity index (χ3v) is 2.55. The van der Waals surface area contributed by atoms with E-state index in [2.05, 4.69) is 19.2 Å². The summed E-state index contributed by atoms with van der Waals surface area (Å²) in [4.78, 5) is 0. The SMILES string of the molecule is CCCC(CC)CNC1CC1. The van der Waals surface area contributed by atoms with E-state index in [-0.39, 0.29) is 0 Å². The van der Waals surface area contributed by atoms with Gasteiger partial charge in [0, 0.05) is 6.04 Å². The van der Waals surface area contributed by atoms with Gasteiger partial charge in [0.25, 0.3) is 0 Å². The molecule has 1 rings (SSSR count). The number of nitrogens with one attached hydrogen (secondary N) is 1. The normalized spacial score (nSPS) is 20.2. The van der Waals surface area contributed by atoms with Gasteiger partial charge in [0.15, 0.2) is 0 Å². The first kappa shape index (κ1) is 9.05.